The molecular formula is C22H26F2O3. The maximum absolute atomic E-state index is 13.9. The van der Waals surface area contributed by atoms with E-state index in [9.17, 15) is 23.5 Å². The van der Waals surface area contributed by atoms with Gasteiger partial charge in [0, 0.05) is 16.4 Å². The van der Waals surface area contributed by atoms with Crippen molar-refractivity contribution in [3.63, 3.8) is 0 Å². The highest BCUT2D eigenvalue weighted by molar-refractivity contribution is 6.02. The number of allylic oxidation sites excluding steroid dienone is 6. The van der Waals surface area contributed by atoms with Crippen LogP contribution >= 0.6 is 0 Å². The lowest BCUT2D eigenvalue weighted by Crippen LogP contribution is -2.56. The van der Waals surface area contributed by atoms with E-state index < -0.39 is 22.9 Å². The van der Waals surface area contributed by atoms with Crippen molar-refractivity contribution in [3.05, 3.63) is 35.5 Å². The fraction of sp³-hybridized carbons (Fsp3) is 0.636. The zero-order valence-electron chi connectivity index (χ0n) is 16.0. The molecule has 0 amide bonds. The summed E-state index contributed by atoms with van der Waals surface area (Å²) < 4.78 is 27.8. The molecule has 5 heteroatoms. The molecule has 2 fully saturated rings. The number of Topliss-reactive ketones (excluding diaryl/α,β-unsaturated/α-hetero) is 1. The van der Waals surface area contributed by atoms with Gasteiger partial charge in [-0.1, -0.05) is 26.0 Å². The van der Waals surface area contributed by atoms with Crippen LogP contribution in [-0.2, 0) is 9.59 Å². The molecule has 4 aliphatic rings. The second-order valence-electron chi connectivity index (χ2n) is 9.20. The summed E-state index contributed by atoms with van der Waals surface area (Å²) in [4.78, 5) is 24.1. The molecule has 0 unspecified atom stereocenters. The zero-order chi connectivity index (χ0) is 19.8. The van der Waals surface area contributed by atoms with Crippen LogP contribution in [0.25, 0.3) is 0 Å². The lowest BCUT2D eigenvalue weighted by Gasteiger charge is -2.56. The summed E-state index contributed by atoms with van der Waals surface area (Å²) in [6.45, 7) is 5.33. The van der Waals surface area contributed by atoms with Gasteiger partial charge in [0.2, 0.25) is 0 Å². The molecule has 0 aromatic heterocycles. The summed E-state index contributed by atoms with van der Waals surface area (Å²) in [5, 5.41) is 11.1. The van der Waals surface area contributed by atoms with Crippen molar-refractivity contribution >= 4 is 11.6 Å². The zero-order valence-corrected chi connectivity index (χ0v) is 16.0. The third-order valence-electron chi connectivity index (χ3n) is 8.22. The number of rotatable bonds is 2. The van der Waals surface area contributed by atoms with E-state index in [1.54, 1.807) is 12.2 Å². The Hall–Kier alpha value is -1.62. The van der Waals surface area contributed by atoms with Crippen LogP contribution in [0.15, 0.2) is 35.5 Å². The summed E-state index contributed by atoms with van der Waals surface area (Å²) >= 11 is 0. The van der Waals surface area contributed by atoms with Crippen molar-refractivity contribution in [1.82, 2.24) is 0 Å². The molecule has 0 spiro atoms. The highest BCUT2D eigenvalue weighted by atomic mass is 19.3. The largest absolute Gasteiger partial charge is 0.382 e. The van der Waals surface area contributed by atoms with Crippen molar-refractivity contribution in [2.45, 2.75) is 58.5 Å². The Morgan fingerprint density at radius 3 is 2.52 bits per heavy atom. The second-order valence-corrected chi connectivity index (χ2v) is 9.20. The average molecular weight is 376 g/mol. The van der Waals surface area contributed by atoms with E-state index in [1.807, 2.05) is 13.8 Å². The Labute approximate surface area is 158 Å². The van der Waals surface area contributed by atoms with E-state index in [1.165, 1.54) is 19.1 Å². The molecule has 0 radical (unpaired) electrons. The number of carbonyl (C=O) groups excluding carboxylic acids is 2. The molecule has 0 bridgehead atoms. The monoisotopic (exact) mass is 376 g/mol. The number of hydrogen-bond acceptors (Lipinski definition) is 3. The molecule has 6 atom stereocenters. The molecule has 146 valence electrons. The average Bonchev–Trinajstić information content (AvgIpc) is 2.88. The van der Waals surface area contributed by atoms with Crippen LogP contribution in [0, 0.1) is 28.6 Å². The molecule has 0 saturated heterocycles. The van der Waals surface area contributed by atoms with Gasteiger partial charge in [-0.2, -0.15) is 0 Å². The van der Waals surface area contributed by atoms with Crippen molar-refractivity contribution in [3.8, 4) is 0 Å². The van der Waals surface area contributed by atoms with E-state index >= 15 is 0 Å². The topological polar surface area (TPSA) is 54.4 Å². The molecule has 1 N–H and O–H groups in total. The van der Waals surface area contributed by atoms with Crippen molar-refractivity contribution in [1.29, 1.82) is 0 Å². The predicted molar refractivity (Wildman–Crippen MR) is 97.1 cm³/mol. The Balaban J connectivity index is 1.85. The van der Waals surface area contributed by atoms with Crippen LogP contribution in [0.5, 0.6) is 0 Å². The number of alkyl halides is 2. The van der Waals surface area contributed by atoms with Crippen LogP contribution in [-0.4, -0.2) is 28.7 Å². The van der Waals surface area contributed by atoms with E-state index in [-0.39, 0.29) is 34.9 Å². The Morgan fingerprint density at radius 2 is 1.89 bits per heavy atom. The molecule has 0 heterocycles. The van der Waals surface area contributed by atoms with E-state index in [0.717, 1.165) is 6.42 Å². The number of carbonyl (C=O) groups is 2. The van der Waals surface area contributed by atoms with Gasteiger partial charge in [0.1, 0.15) is 5.60 Å². The SMILES string of the molecule is CC(=O)[C@@]1(O)CC[C@H]2[C@@H]3C=C(C(F)F)C4=CC(=O)C=C[C@]4(C)[C@H]3CC[C@@]21C. The van der Waals surface area contributed by atoms with Gasteiger partial charge in [-0.05, 0) is 68.1 Å². The van der Waals surface area contributed by atoms with Crippen LogP contribution in [0.1, 0.15) is 46.5 Å². The number of fused-ring (bicyclic) bond motifs is 5. The van der Waals surface area contributed by atoms with Gasteiger partial charge >= 0.3 is 0 Å². The molecule has 27 heavy (non-hydrogen) atoms. The summed E-state index contributed by atoms with van der Waals surface area (Å²) in [5.41, 5.74) is -2.21. The minimum atomic E-state index is -2.66. The van der Waals surface area contributed by atoms with Crippen molar-refractivity contribution in [2.75, 3.05) is 0 Å². The number of hydrogen-bond donors (Lipinski definition) is 1. The second kappa shape index (κ2) is 5.69. The highest BCUT2D eigenvalue weighted by Crippen LogP contribution is 2.66. The lowest BCUT2D eigenvalue weighted by molar-refractivity contribution is -0.156. The molecule has 0 aromatic carbocycles. The Kier molecular flexibility index (Phi) is 3.95. The maximum atomic E-state index is 13.9. The standard InChI is InChI=1S/C22H26F2O3/c1-12(25)22(27)9-6-17-14-11-15(19(23)24)18-10-13(26)4-7-20(18,2)16(14)5-8-21(17,22)3/h4,7,10-11,14,16-17,19,27H,5-6,8-9H2,1-3H3/t14-,16+,17+,20-,21+,22+/m1/s1. The van der Waals surface area contributed by atoms with Gasteiger partial charge in [0.15, 0.2) is 11.6 Å². The summed E-state index contributed by atoms with van der Waals surface area (Å²) in [7, 11) is 0. The van der Waals surface area contributed by atoms with Gasteiger partial charge in [0.25, 0.3) is 6.43 Å². The predicted octanol–water partition coefficient (Wildman–Crippen LogP) is 4.03. The number of ketones is 2. The first-order valence-electron chi connectivity index (χ1n) is 9.73. The minimum Gasteiger partial charge on any atom is -0.382 e. The van der Waals surface area contributed by atoms with Crippen LogP contribution < -0.4 is 0 Å². The quantitative estimate of drug-likeness (QED) is 0.792. The van der Waals surface area contributed by atoms with Crippen LogP contribution in [0.2, 0.25) is 0 Å². The first-order valence-corrected chi connectivity index (χ1v) is 9.73. The normalized spacial score (nSPS) is 45.7. The van der Waals surface area contributed by atoms with Crippen LogP contribution in [0.3, 0.4) is 0 Å². The molecule has 4 rings (SSSR count). The third-order valence-corrected chi connectivity index (χ3v) is 8.22. The first-order chi connectivity index (χ1) is 12.5. The number of halogens is 2. The summed E-state index contributed by atoms with van der Waals surface area (Å²) in [6, 6.07) is 0. The minimum absolute atomic E-state index is 0.0247. The third kappa shape index (κ3) is 2.27. The molecule has 4 aliphatic carbocycles. The van der Waals surface area contributed by atoms with Crippen LogP contribution in [0.4, 0.5) is 8.78 Å². The maximum Gasteiger partial charge on any atom is 0.263 e. The first kappa shape index (κ1) is 18.7. The van der Waals surface area contributed by atoms with Crippen molar-refractivity contribution in [2.24, 2.45) is 28.6 Å². The smallest absolute Gasteiger partial charge is 0.263 e. The Bertz CT molecular complexity index is 810. The van der Waals surface area contributed by atoms with E-state index in [2.05, 4.69) is 0 Å². The van der Waals surface area contributed by atoms with Gasteiger partial charge in [-0.15, -0.1) is 0 Å². The molecular weight excluding hydrogens is 350 g/mol. The highest BCUT2D eigenvalue weighted by Gasteiger charge is 2.65. The van der Waals surface area contributed by atoms with Gasteiger partial charge in [-0.25, -0.2) is 8.78 Å². The molecule has 0 aromatic rings. The molecule has 3 nitrogen and oxygen atoms in total. The van der Waals surface area contributed by atoms with Gasteiger partial charge in [0.05, 0.1) is 0 Å². The fourth-order valence-corrected chi connectivity index (χ4v) is 6.62. The molecule has 0 aliphatic heterocycles. The Morgan fingerprint density at radius 1 is 1.22 bits per heavy atom. The van der Waals surface area contributed by atoms with Gasteiger partial charge in [-0.3, -0.25) is 9.59 Å². The number of aliphatic hydroxyl groups is 1. The van der Waals surface area contributed by atoms with E-state index in [0.29, 0.717) is 24.8 Å². The lowest BCUT2D eigenvalue weighted by atomic mass is 9.48. The van der Waals surface area contributed by atoms with Crippen molar-refractivity contribution < 1.29 is 23.5 Å². The van der Waals surface area contributed by atoms with E-state index in [4.69, 9.17) is 0 Å². The van der Waals surface area contributed by atoms with Gasteiger partial charge < -0.3 is 5.11 Å². The molecule has 2 saturated carbocycles. The summed E-state index contributed by atoms with van der Waals surface area (Å²) in [5.74, 6) is -0.554. The summed E-state index contributed by atoms with van der Waals surface area (Å²) in [6.07, 6.45) is 6.10. The fourth-order valence-electron chi connectivity index (χ4n) is 6.62.